The smallest absolute Gasteiger partial charge is 0.251 e. The van der Waals surface area contributed by atoms with Crippen LogP contribution in [0.1, 0.15) is 21.8 Å². The Labute approximate surface area is 207 Å². The number of para-hydroxylation sites is 1. The van der Waals surface area contributed by atoms with E-state index >= 15 is 0 Å². The number of halogens is 1. The number of thioether (sulfide) groups is 1. The molecule has 0 aliphatic carbocycles. The van der Waals surface area contributed by atoms with Gasteiger partial charge in [0.15, 0.2) is 11.6 Å². The fraction of sp³-hybridized carbons (Fsp3) is 0.231. The minimum Gasteiger partial charge on any atom is -0.494 e. The zero-order valence-corrected chi connectivity index (χ0v) is 20.5. The number of rotatable bonds is 9. The van der Waals surface area contributed by atoms with Gasteiger partial charge >= 0.3 is 0 Å². The summed E-state index contributed by atoms with van der Waals surface area (Å²) in [6, 6.07) is 14.2. The lowest BCUT2D eigenvalue weighted by Gasteiger charge is -2.19. The third kappa shape index (κ3) is 5.35. The standard InChI is InChI=1S/C26H26FN5O2S/c1-28-26(33)20-9-10-29-25-18(5-4-6-19(20)25)17(14-35-3)13-30-24-12-22(31-15-32-24)16-7-8-23(34-2)21(27)11-16/h4-12,15,17H,13-14H2,1-3H3,(H,28,33)(H,30,31,32). The second-order valence-electron chi connectivity index (χ2n) is 7.85. The summed E-state index contributed by atoms with van der Waals surface area (Å²) in [5.41, 5.74) is 3.71. The molecule has 2 aromatic heterocycles. The second-order valence-corrected chi connectivity index (χ2v) is 8.76. The average Bonchev–Trinajstić information content (AvgIpc) is 2.90. The van der Waals surface area contributed by atoms with Gasteiger partial charge in [-0.2, -0.15) is 11.8 Å². The summed E-state index contributed by atoms with van der Waals surface area (Å²) in [7, 11) is 3.05. The molecule has 0 aliphatic heterocycles. The highest BCUT2D eigenvalue weighted by atomic mass is 32.2. The molecule has 35 heavy (non-hydrogen) atoms. The van der Waals surface area contributed by atoms with Gasteiger partial charge in [0, 0.05) is 48.5 Å². The predicted molar refractivity (Wildman–Crippen MR) is 139 cm³/mol. The molecular weight excluding hydrogens is 465 g/mol. The fourth-order valence-electron chi connectivity index (χ4n) is 3.99. The van der Waals surface area contributed by atoms with Crippen LogP contribution < -0.4 is 15.4 Å². The molecule has 2 aromatic carbocycles. The summed E-state index contributed by atoms with van der Waals surface area (Å²) in [6.07, 6.45) is 5.19. The number of nitrogens with one attached hydrogen (secondary N) is 2. The van der Waals surface area contributed by atoms with Gasteiger partial charge in [-0.3, -0.25) is 9.78 Å². The van der Waals surface area contributed by atoms with Crippen molar-refractivity contribution in [2.75, 3.05) is 38.0 Å². The van der Waals surface area contributed by atoms with Gasteiger partial charge in [-0.1, -0.05) is 18.2 Å². The molecule has 2 heterocycles. The SMILES string of the molecule is CNC(=O)c1ccnc2c(C(CNc3cc(-c4ccc(OC)c(F)c4)ncn3)CSC)cccc12. The van der Waals surface area contributed by atoms with Crippen molar-refractivity contribution in [3.8, 4) is 17.0 Å². The van der Waals surface area contributed by atoms with Gasteiger partial charge in [-0.25, -0.2) is 14.4 Å². The van der Waals surface area contributed by atoms with E-state index in [2.05, 4.69) is 37.9 Å². The van der Waals surface area contributed by atoms with E-state index in [4.69, 9.17) is 4.74 Å². The first-order valence-corrected chi connectivity index (χ1v) is 12.4. The van der Waals surface area contributed by atoms with Gasteiger partial charge in [-0.05, 0) is 36.1 Å². The fourth-order valence-corrected chi connectivity index (χ4v) is 4.69. The number of benzene rings is 2. The van der Waals surface area contributed by atoms with Crippen LogP contribution in [0.25, 0.3) is 22.2 Å². The maximum absolute atomic E-state index is 14.2. The van der Waals surface area contributed by atoms with Crippen LogP contribution in [0.15, 0.2) is 61.1 Å². The van der Waals surface area contributed by atoms with Crippen LogP contribution in [0.3, 0.4) is 0 Å². The predicted octanol–water partition coefficient (Wildman–Crippen LogP) is 4.76. The molecule has 4 aromatic rings. The largest absolute Gasteiger partial charge is 0.494 e. The van der Waals surface area contributed by atoms with Gasteiger partial charge in [0.25, 0.3) is 5.91 Å². The monoisotopic (exact) mass is 491 g/mol. The lowest BCUT2D eigenvalue weighted by molar-refractivity contribution is 0.0964. The third-order valence-corrected chi connectivity index (χ3v) is 6.46. The summed E-state index contributed by atoms with van der Waals surface area (Å²) in [5, 5.41) is 6.91. The average molecular weight is 492 g/mol. The maximum Gasteiger partial charge on any atom is 0.251 e. The molecule has 2 N–H and O–H groups in total. The van der Waals surface area contributed by atoms with E-state index in [-0.39, 0.29) is 17.6 Å². The summed E-state index contributed by atoms with van der Waals surface area (Å²) in [5.74, 6) is 1.19. The van der Waals surface area contributed by atoms with Crippen molar-refractivity contribution < 1.29 is 13.9 Å². The molecule has 1 amide bonds. The van der Waals surface area contributed by atoms with E-state index < -0.39 is 5.82 Å². The first-order chi connectivity index (χ1) is 17.0. The summed E-state index contributed by atoms with van der Waals surface area (Å²) < 4.78 is 19.2. The number of fused-ring (bicyclic) bond motifs is 1. The number of hydrogen-bond donors (Lipinski definition) is 2. The van der Waals surface area contributed by atoms with Crippen LogP contribution in [-0.4, -0.2) is 53.6 Å². The van der Waals surface area contributed by atoms with Gasteiger partial charge in [0.05, 0.1) is 23.9 Å². The molecule has 0 spiro atoms. The van der Waals surface area contributed by atoms with Crippen molar-refractivity contribution >= 4 is 34.4 Å². The van der Waals surface area contributed by atoms with Crippen LogP contribution in [0.4, 0.5) is 10.2 Å². The number of hydrogen-bond acceptors (Lipinski definition) is 7. The number of methoxy groups -OCH3 is 1. The van der Waals surface area contributed by atoms with Gasteiger partial charge in [0.2, 0.25) is 0 Å². The lowest BCUT2D eigenvalue weighted by atomic mass is 9.95. The molecule has 180 valence electrons. The molecule has 0 saturated heterocycles. The number of carbonyl (C=O) groups excluding carboxylic acids is 1. The Kier molecular flexibility index (Phi) is 7.77. The molecule has 0 radical (unpaired) electrons. The van der Waals surface area contributed by atoms with Gasteiger partial charge in [-0.15, -0.1) is 0 Å². The quantitative estimate of drug-likeness (QED) is 0.349. The van der Waals surface area contributed by atoms with Crippen LogP contribution in [0.2, 0.25) is 0 Å². The van der Waals surface area contributed by atoms with E-state index in [0.29, 0.717) is 29.2 Å². The Morgan fingerprint density at radius 1 is 1.14 bits per heavy atom. The number of carbonyl (C=O) groups is 1. The Balaban J connectivity index is 1.60. The lowest BCUT2D eigenvalue weighted by Crippen LogP contribution is -2.19. The van der Waals surface area contributed by atoms with E-state index in [0.717, 1.165) is 22.2 Å². The van der Waals surface area contributed by atoms with E-state index in [1.54, 1.807) is 49.3 Å². The highest BCUT2D eigenvalue weighted by Crippen LogP contribution is 2.29. The Bertz CT molecular complexity index is 1350. The van der Waals surface area contributed by atoms with Crippen LogP contribution in [0.5, 0.6) is 5.75 Å². The van der Waals surface area contributed by atoms with Gasteiger partial charge < -0.3 is 15.4 Å². The van der Waals surface area contributed by atoms with Crippen molar-refractivity contribution in [3.63, 3.8) is 0 Å². The molecule has 0 bridgehead atoms. The first-order valence-electron chi connectivity index (χ1n) is 11.0. The molecule has 0 fully saturated rings. The molecule has 0 saturated carbocycles. The zero-order valence-electron chi connectivity index (χ0n) is 19.7. The molecule has 9 heteroatoms. The number of nitrogens with zero attached hydrogens (tertiary/aromatic N) is 3. The number of ether oxygens (including phenoxy) is 1. The Morgan fingerprint density at radius 3 is 2.74 bits per heavy atom. The van der Waals surface area contributed by atoms with E-state index in [9.17, 15) is 9.18 Å². The highest BCUT2D eigenvalue weighted by molar-refractivity contribution is 7.98. The van der Waals surface area contributed by atoms with Gasteiger partial charge in [0.1, 0.15) is 12.1 Å². The van der Waals surface area contributed by atoms with E-state index in [1.807, 2.05) is 12.1 Å². The third-order valence-electron chi connectivity index (χ3n) is 5.73. The molecular formula is C26H26FN5O2S. The minimum atomic E-state index is -0.447. The molecule has 7 nitrogen and oxygen atoms in total. The van der Waals surface area contributed by atoms with Crippen molar-refractivity contribution in [1.82, 2.24) is 20.3 Å². The first kappa shape index (κ1) is 24.4. The molecule has 4 rings (SSSR count). The number of aromatic nitrogens is 3. The van der Waals surface area contributed by atoms with Crippen molar-refractivity contribution in [2.24, 2.45) is 0 Å². The summed E-state index contributed by atoms with van der Waals surface area (Å²) in [4.78, 5) is 25.6. The molecule has 1 atom stereocenters. The molecule has 0 aliphatic rings. The van der Waals surface area contributed by atoms with E-state index in [1.165, 1.54) is 19.5 Å². The summed E-state index contributed by atoms with van der Waals surface area (Å²) in [6.45, 7) is 0.596. The minimum absolute atomic E-state index is 0.109. The zero-order chi connectivity index (χ0) is 24.8. The van der Waals surface area contributed by atoms with Crippen molar-refractivity contribution in [1.29, 1.82) is 0 Å². The Morgan fingerprint density at radius 2 is 2.00 bits per heavy atom. The number of pyridine rings is 1. The van der Waals surface area contributed by atoms with Crippen LogP contribution in [-0.2, 0) is 0 Å². The van der Waals surface area contributed by atoms with Crippen LogP contribution >= 0.6 is 11.8 Å². The number of anilines is 1. The Hall–Kier alpha value is -3.72. The topological polar surface area (TPSA) is 89.0 Å². The maximum atomic E-state index is 14.2. The summed E-state index contributed by atoms with van der Waals surface area (Å²) >= 11 is 1.74. The highest BCUT2D eigenvalue weighted by Gasteiger charge is 2.18. The second kappa shape index (κ2) is 11.1. The van der Waals surface area contributed by atoms with Crippen LogP contribution in [0, 0.1) is 5.82 Å². The molecule has 1 unspecified atom stereocenters. The normalized spacial score (nSPS) is 11.8. The van der Waals surface area contributed by atoms with Crippen molar-refractivity contribution in [3.05, 3.63) is 78.0 Å². The number of amides is 1. The van der Waals surface area contributed by atoms with Crippen molar-refractivity contribution in [2.45, 2.75) is 5.92 Å².